The van der Waals surface area contributed by atoms with Gasteiger partial charge in [0.1, 0.15) is 12.3 Å². The average molecular weight is 272 g/mol. The third-order valence-electron chi connectivity index (χ3n) is 3.47. The van der Waals surface area contributed by atoms with Crippen LogP contribution in [0.4, 0.5) is 0 Å². The maximum absolute atomic E-state index is 12.3. The van der Waals surface area contributed by atoms with Gasteiger partial charge < -0.3 is 10.4 Å². The second-order valence-electron chi connectivity index (χ2n) is 5.12. The van der Waals surface area contributed by atoms with Crippen LogP contribution < -0.4 is 5.32 Å². The highest BCUT2D eigenvalue weighted by molar-refractivity contribution is 5.94. The van der Waals surface area contributed by atoms with Crippen LogP contribution in [-0.2, 0) is 0 Å². The molecule has 0 aromatic carbocycles. The number of nitrogens with zero attached hydrogens (tertiary/aromatic N) is 1. The van der Waals surface area contributed by atoms with Crippen molar-refractivity contribution in [1.29, 1.82) is 0 Å². The molecule has 1 saturated carbocycles. The predicted molar refractivity (Wildman–Crippen MR) is 77.1 cm³/mol. The predicted octanol–water partition coefficient (Wildman–Crippen LogP) is 1.73. The van der Waals surface area contributed by atoms with Crippen LogP contribution in [-0.4, -0.2) is 28.6 Å². The Labute approximate surface area is 119 Å². The summed E-state index contributed by atoms with van der Waals surface area (Å²) >= 11 is 0. The molecule has 1 heterocycles. The molecule has 1 unspecified atom stereocenters. The minimum atomic E-state index is -0.227. The van der Waals surface area contributed by atoms with Crippen LogP contribution in [0.1, 0.15) is 48.7 Å². The number of carbonyl (C=O) groups is 1. The molecule has 0 saturated heterocycles. The molecule has 1 aliphatic carbocycles. The van der Waals surface area contributed by atoms with Gasteiger partial charge in [0, 0.05) is 12.2 Å². The largest absolute Gasteiger partial charge is 0.384 e. The molecule has 0 bridgehead atoms. The first-order chi connectivity index (χ1) is 9.74. The van der Waals surface area contributed by atoms with E-state index in [1.807, 2.05) is 0 Å². The lowest BCUT2D eigenvalue weighted by Gasteiger charge is -2.16. The zero-order chi connectivity index (χ0) is 14.4. The number of carbonyl (C=O) groups excluding carboxylic acids is 1. The standard InChI is InChI=1S/C16H20N2O2/c1-2-14(11-12-7-8-12)18-16(20)15-13(6-4-10-19)5-3-9-17-15/h3,5,9,12,14,19H,2,7-8,10-11H2,1H3,(H,18,20). The fourth-order valence-corrected chi connectivity index (χ4v) is 2.16. The molecule has 1 atom stereocenters. The quantitative estimate of drug-likeness (QED) is 0.802. The number of hydrogen-bond acceptors (Lipinski definition) is 3. The van der Waals surface area contributed by atoms with E-state index in [1.54, 1.807) is 18.3 Å². The van der Waals surface area contributed by atoms with E-state index in [-0.39, 0.29) is 18.6 Å². The first-order valence-electron chi connectivity index (χ1n) is 7.10. The molecule has 2 N–H and O–H groups in total. The maximum atomic E-state index is 12.3. The normalized spacial score (nSPS) is 15.1. The summed E-state index contributed by atoms with van der Waals surface area (Å²) in [4.78, 5) is 16.4. The number of aliphatic hydroxyl groups is 1. The van der Waals surface area contributed by atoms with Gasteiger partial charge in [-0.3, -0.25) is 4.79 Å². The van der Waals surface area contributed by atoms with Gasteiger partial charge in [0.05, 0.1) is 5.56 Å². The summed E-state index contributed by atoms with van der Waals surface area (Å²) in [5, 5.41) is 11.8. The van der Waals surface area contributed by atoms with Crippen LogP contribution >= 0.6 is 0 Å². The molecule has 1 aromatic heterocycles. The third kappa shape index (κ3) is 4.07. The number of aromatic nitrogens is 1. The van der Waals surface area contributed by atoms with Crippen molar-refractivity contribution in [3.63, 3.8) is 0 Å². The first-order valence-corrected chi connectivity index (χ1v) is 7.10. The molecule has 4 heteroatoms. The highest BCUT2D eigenvalue weighted by Crippen LogP contribution is 2.34. The van der Waals surface area contributed by atoms with Gasteiger partial charge in [-0.2, -0.15) is 0 Å². The Morgan fingerprint density at radius 3 is 3.05 bits per heavy atom. The van der Waals surface area contributed by atoms with Crippen LogP contribution in [0.15, 0.2) is 18.3 Å². The van der Waals surface area contributed by atoms with E-state index >= 15 is 0 Å². The van der Waals surface area contributed by atoms with Gasteiger partial charge in [-0.15, -0.1) is 0 Å². The van der Waals surface area contributed by atoms with E-state index in [2.05, 4.69) is 29.1 Å². The Morgan fingerprint density at radius 1 is 1.60 bits per heavy atom. The van der Waals surface area contributed by atoms with Crippen LogP contribution in [0.5, 0.6) is 0 Å². The summed E-state index contributed by atoms with van der Waals surface area (Å²) in [6, 6.07) is 3.68. The fourth-order valence-electron chi connectivity index (χ4n) is 2.16. The van der Waals surface area contributed by atoms with Crippen LogP contribution in [0.25, 0.3) is 0 Å². The summed E-state index contributed by atoms with van der Waals surface area (Å²) in [6.45, 7) is 1.85. The van der Waals surface area contributed by atoms with Crippen molar-refractivity contribution in [2.75, 3.05) is 6.61 Å². The first kappa shape index (κ1) is 14.5. The Morgan fingerprint density at radius 2 is 2.40 bits per heavy atom. The number of nitrogens with one attached hydrogen (secondary N) is 1. The Balaban J connectivity index is 2.07. The molecular weight excluding hydrogens is 252 g/mol. The number of rotatable bonds is 5. The molecule has 0 aliphatic heterocycles. The fraction of sp³-hybridized carbons (Fsp3) is 0.500. The summed E-state index contributed by atoms with van der Waals surface area (Å²) < 4.78 is 0. The lowest BCUT2D eigenvalue weighted by molar-refractivity contribution is 0.0927. The highest BCUT2D eigenvalue weighted by Gasteiger charge is 2.26. The van der Waals surface area contributed by atoms with E-state index in [1.165, 1.54) is 12.8 Å². The summed E-state index contributed by atoms with van der Waals surface area (Å²) in [5.74, 6) is 5.92. The second kappa shape index (κ2) is 7.06. The van der Waals surface area contributed by atoms with Gasteiger partial charge in [-0.1, -0.05) is 31.6 Å². The number of hydrogen-bond donors (Lipinski definition) is 2. The molecule has 1 fully saturated rings. The lowest BCUT2D eigenvalue weighted by atomic mass is 10.1. The van der Waals surface area contributed by atoms with Crippen molar-refractivity contribution >= 4 is 5.91 Å². The third-order valence-corrected chi connectivity index (χ3v) is 3.47. The monoisotopic (exact) mass is 272 g/mol. The van der Waals surface area contributed by atoms with Crippen molar-refractivity contribution in [1.82, 2.24) is 10.3 Å². The highest BCUT2D eigenvalue weighted by atomic mass is 16.2. The average Bonchev–Trinajstić information content (AvgIpc) is 3.28. The topological polar surface area (TPSA) is 62.2 Å². The summed E-state index contributed by atoms with van der Waals surface area (Å²) in [5.41, 5.74) is 0.892. The molecular formula is C16H20N2O2. The molecule has 106 valence electrons. The Hall–Kier alpha value is -1.86. The van der Waals surface area contributed by atoms with Gasteiger partial charge in [0.15, 0.2) is 0 Å². The van der Waals surface area contributed by atoms with Crippen LogP contribution in [0.3, 0.4) is 0 Å². The Bertz CT molecular complexity index is 527. The number of amides is 1. The minimum absolute atomic E-state index is 0.180. The smallest absolute Gasteiger partial charge is 0.271 e. The SMILES string of the molecule is CCC(CC1CC1)NC(=O)c1ncccc1C#CCO. The van der Waals surface area contributed by atoms with E-state index in [9.17, 15) is 4.79 Å². The van der Waals surface area contributed by atoms with Crippen LogP contribution in [0.2, 0.25) is 0 Å². The summed E-state index contributed by atoms with van der Waals surface area (Å²) in [7, 11) is 0. The van der Waals surface area contributed by atoms with Crippen molar-refractivity contribution in [3.8, 4) is 11.8 Å². The minimum Gasteiger partial charge on any atom is -0.384 e. The summed E-state index contributed by atoms with van der Waals surface area (Å²) in [6.07, 6.45) is 6.12. The molecule has 1 amide bonds. The molecule has 0 spiro atoms. The molecule has 4 nitrogen and oxygen atoms in total. The van der Waals surface area contributed by atoms with Gasteiger partial charge in [0.25, 0.3) is 5.91 Å². The van der Waals surface area contributed by atoms with E-state index < -0.39 is 0 Å². The van der Waals surface area contributed by atoms with Gasteiger partial charge in [0.2, 0.25) is 0 Å². The van der Waals surface area contributed by atoms with E-state index in [0.717, 1.165) is 18.8 Å². The van der Waals surface area contributed by atoms with Gasteiger partial charge in [-0.05, 0) is 30.9 Å². The molecule has 0 radical (unpaired) electrons. The van der Waals surface area contributed by atoms with Crippen molar-refractivity contribution in [2.45, 2.75) is 38.6 Å². The van der Waals surface area contributed by atoms with E-state index in [0.29, 0.717) is 11.3 Å². The molecule has 1 aromatic rings. The van der Waals surface area contributed by atoms with Crippen molar-refractivity contribution < 1.29 is 9.90 Å². The number of aliphatic hydroxyl groups excluding tert-OH is 1. The number of pyridine rings is 1. The van der Waals surface area contributed by atoms with Crippen molar-refractivity contribution in [3.05, 3.63) is 29.6 Å². The van der Waals surface area contributed by atoms with Gasteiger partial charge >= 0.3 is 0 Å². The van der Waals surface area contributed by atoms with Crippen molar-refractivity contribution in [2.24, 2.45) is 5.92 Å². The lowest BCUT2D eigenvalue weighted by Crippen LogP contribution is -2.35. The molecule has 20 heavy (non-hydrogen) atoms. The zero-order valence-corrected chi connectivity index (χ0v) is 11.7. The second-order valence-corrected chi connectivity index (χ2v) is 5.12. The Kier molecular flexibility index (Phi) is 5.14. The van der Waals surface area contributed by atoms with E-state index in [4.69, 9.17) is 5.11 Å². The van der Waals surface area contributed by atoms with Gasteiger partial charge in [-0.25, -0.2) is 4.98 Å². The zero-order valence-electron chi connectivity index (χ0n) is 11.7. The molecule has 1 aliphatic rings. The van der Waals surface area contributed by atoms with Crippen LogP contribution in [0, 0.1) is 17.8 Å². The molecule has 2 rings (SSSR count). The maximum Gasteiger partial charge on any atom is 0.271 e.